The molecular formula is C17H18O5. The van der Waals surface area contributed by atoms with Crippen molar-refractivity contribution in [1.82, 2.24) is 0 Å². The van der Waals surface area contributed by atoms with Gasteiger partial charge in [-0.15, -0.1) is 0 Å². The van der Waals surface area contributed by atoms with Crippen LogP contribution in [0.15, 0.2) is 36.4 Å². The molecule has 0 bridgehead atoms. The van der Waals surface area contributed by atoms with Gasteiger partial charge in [-0.25, -0.2) is 0 Å². The molecule has 0 fully saturated rings. The van der Waals surface area contributed by atoms with E-state index >= 15 is 0 Å². The zero-order valence-corrected chi connectivity index (χ0v) is 12.4. The summed E-state index contributed by atoms with van der Waals surface area (Å²) in [6.07, 6.45) is -0.742. The third-order valence-electron chi connectivity index (χ3n) is 3.27. The topological polar surface area (TPSA) is 87.0 Å². The Morgan fingerprint density at radius 1 is 1.09 bits per heavy atom. The van der Waals surface area contributed by atoms with Gasteiger partial charge in [0.05, 0.1) is 23.8 Å². The third-order valence-corrected chi connectivity index (χ3v) is 3.27. The van der Waals surface area contributed by atoms with Crippen LogP contribution in [0.25, 0.3) is 0 Å². The molecule has 0 saturated heterocycles. The zero-order chi connectivity index (χ0) is 16.3. The minimum atomic E-state index is -0.742. The number of benzene rings is 2. The summed E-state index contributed by atoms with van der Waals surface area (Å²) in [5.74, 6) is -0.493. The van der Waals surface area contributed by atoms with Crippen LogP contribution in [-0.4, -0.2) is 27.7 Å². The molecule has 5 heteroatoms. The maximum atomic E-state index is 12.4. The number of rotatable bonds is 5. The summed E-state index contributed by atoms with van der Waals surface area (Å²) < 4.78 is 5.24. The van der Waals surface area contributed by atoms with Gasteiger partial charge in [-0.2, -0.15) is 0 Å². The lowest BCUT2D eigenvalue weighted by Crippen LogP contribution is -2.04. The maximum absolute atomic E-state index is 12.4. The fraction of sp³-hybridized carbons (Fsp3) is 0.235. The Kier molecular flexibility index (Phi) is 4.68. The van der Waals surface area contributed by atoms with Crippen molar-refractivity contribution in [3.8, 4) is 17.2 Å². The Labute approximate surface area is 128 Å². The first-order chi connectivity index (χ1) is 10.4. The van der Waals surface area contributed by atoms with Crippen LogP contribution in [0.4, 0.5) is 0 Å². The van der Waals surface area contributed by atoms with E-state index in [1.54, 1.807) is 19.1 Å². The van der Waals surface area contributed by atoms with Gasteiger partial charge in [-0.1, -0.05) is 6.07 Å². The van der Waals surface area contributed by atoms with Crippen LogP contribution in [-0.2, 0) is 0 Å². The smallest absolute Gasteiger partial charge is 0.200 e. The monoisotopic (exact) mass is 302 g/mol. The lowest BCUT2D eigenvalue weighted by molar-refractivity contribution is 0.103. The average molecular weight is 302 g/mol. The molecule has 0 saturated carbocycles. The van der Waals surface area contributed by atoms with E-state index < -0.39 is 11.9 Å². The Morgan fingerprint density at radius 3 is 2.18 bits per heavy atom. The van der Waals surface area contributed by atoms with Crippen LogP contribution >= 0.6 is 0 Å². The van der Waals surface area contributed by atoms with Gasteiger partial charge in [-0.3, -0.25) is 4.79 Å². The number of aliphatic hydroxyl groups is 1. The summed E-state index contributed by atoms with van der Waals surface area (Å²) in [4.78, 5) is 12.4. The maximum Gasteiger partial charge on any atom is 0.200 e. The third kappa shape index (κ3) is 3.20. The molecule has 0 aliphatic heterocycles. The number of hydrogen-bond acceptors (Lipinski definition) is 5. The average Bonchev–Trinajstić information content (AvgIpc) is 2.47. The number of hydrogen-bond donors (Lipinski definition) is 3. The first kappa shape index (κ1) is 15.9. The molecule has 1 unspecified atom stereocenters. The quantitative estimate of drug-likeness (QED) is 0.739. The number of phenols is 2. The van der Waals surface area contributed by atoms with Crippen molar-refractivity contribution in [2.75, 3.05) is 6.61 Å². The van der Waals surface area contributed by atoms with E-state index in [9.17, 15) is 20.1 Å². The summed E-state index contributed by atoms with van der Waals surface area (Å²) >= 11 is 0. The predicted molar refractivity (Wildman–Crippen MR) is 81.4 cm³/mol. The highest BCUT2D eigenvalue weighted by molar-refractivity contribution is 6.12. The van der Waals surface area contributed by atoms with Crippen LogP contribution in [0.5, 0.6) is 17.2 Å². The molecule has 3 N–H and O–H groups in total. The van der Waals surface area contributed by atoms with Crippen molar-refractivity contribution in [2.24, 2.45) is 0 Å². The van der Waals surface area contributed by atoms with E-state index in [0.29, 0.717) is 17.9 Å². The fourth-order valence-corrected chi connectivity index (χ4v) is 2.11. The van der Waals surface area contributed by atoms with Gasteiger partial charge in [0.15, 0.2) is 5.78 Å². The predicted octanol–water partition coefficient (Wildman–Crippen LogP) is 2.78. The van der Waals surface area contributed by atoms with E-state index in [1.807, 2.05) is 6.92 Å². The van der Waals surface area contributed by atoms with Gasteiger partial charge in [0, 0.05) is 6.07 Å². The SMILES string of the molecule is CCOc1ccc(C(=O)c2ccc(C(C)O)cc2O)c(O)c1. The van der Waals surface area contributed by atoms with Crippen LogP contribution < -0.4 is 4.74 Å². The van der Waals surface area contributed by atoms with Gasteiger partial charge >= 0.3 is 0 Å². The second kappa shape index (κ2) is 6.49. The highest BCUT2D eigenvalue weighted by Crippen LogP contribution is 2.30. The Morgan fingerprint density at radius 2 is 1.68 bits per heavy atom. The van der Waals surface area contributed by atoms with Crippen LogP contribution in [0.3, 0.4) is 0 Å². The minimum Gasteiger partial charge on any atom is -0.507 e. The van der Waals surface area contributed by atoms with Crippen LogP contribution in [0, 0.1) is 0 Å². The van der Waals surface area contributed by atoms with Gasteiger partial charge in [0.2, 0.25) is 0 Å². The highest BCUT2D eigenvalue weighted by Gasteiger charge is 2.18. The van der Waals surface area contributed by atoms with Crippen molar-refractivity contribution in [1.29, 1.82) is 0 Å². The molecular weight excluding hydrogens is 284 g/mol. The first-order valence-corrected chi connectivity index (χ1v) is 6.95. The number of aliphatic hydroxyl groups excluding tert-OH is 1. The number of ketones is 1. The zero-order valence-electron chi connectivity index (χ0n) is 12.4. The van der Waals surface area contributed by atoms with Gasteiger partial charge in [0.1, 0.15) is 17.2 Å². The van der Waals surface area contributed by atoms with E-state index in [4.69, 9.17) is 4.74 Å². The number of phenolic OH excluding ortho intramolecular Hbond substituents is 2. The first-order valence-electron chi connectivity index (χ1n) is 6.95. The lowest BCUT2D eigenvalue weighted by atomic mass is 9.99. The fourth-order valence-electron chi connectivity index (χ4n) is 2.11. The molecule has 22 heavy (non-hydrogen) atoms. The second-order valence-corrected chi connectivity index (χ2v) is 4.89. The van der Waals surface area contributed by atoms with Crippen molar-refractivity contribution < 1.29 is 24.9 Å². The Bertz CT molecular complexity index is 691. The van der Waals surface area contributed by atoms with E-state index in [0.717, 1.165) is 0 Å². The summed E-state index contributed by atoms with van der Waals surface area (Å²) in [5.41, 5.74) is 0.636. The van der Waals surface area contributed by atoms with Crippen molar-refractivity contribution in [3.63, 3.8) is 0 Å². The van der Waals surface area contributed by atoms with Crippen LogP contribution in [0.2, 0.25) is 0 Å². The van der Waals surface area contributed by atoms with Gasteiger partial charge in [0.25, 0.3) is 0 Å². The number of aromatic hydroxyl groups is 2. The van der Waals surface area contributed by atoms with Crippen molar-refractivity contribution >= 4 is 5.78 Å². The molecule has 2 aromatic carbocycles. The van der Waals surface area contributed by atoms with Crippen molar-refractivity contribution in [3.05, 3.63) is 53.1 Å². The van der Waals surface area contributed by atoms with E-state index in [2.05, 4.69) is 0 Å². The molecule has 0 aliphatic carbocycles. The minimum absolute atomic E-state index is 0.0591. The molecule has 0 heterocycles. The molecule has 2 aromatic rings. The summed E-state index contributed by atoms with van der Waals surface area (Å²) in [7, 11) is 0. The van der Waals surface area contributed by atoms with E-state index in [-0.39, 0.29) is 22.6 Å². The molecule has 0 aliphatic rings. The lowest BCUT2D eigenvalue weighted by Gasteiger charge is -2.10. The van der Waals surface area contributed by atoms with Gasteiger partial charge < -0.3 is 20.1 Å². The standard InChI is InChI=1S/C17H18O5/c1-3-22-12-5-7-14(16(20)9-12)17(21)13-6-4-11(10(2)18)8-15(13)19/h4-10,18-20H,3H2,1-2H3. The largest absolute Gasteiger partial charge is 0.507 e. The molecule has 5 nitrogen and oxygen atoms in total. The number of ether oxygens (including phenoxy) is 1. The number of carbonyl (C=O) groups is 1. The normalized spacial score (nSPS) is 12.0. The molecule has 0 aromatic heterocycles. The van der Waals surface area contributed by atoms with Gasteiger partial charge in [-0.05, 0) is 43.7 Å². The second-order valence-electron chi connectivity index (χ2n) is 4.89. The van der Waals surface area contributed by atoms with E-state index in [1.165, 1.54) is 24.3 Å². The Hall–Kier alpha value is -2.53. The number of carbonyl (C=O) groups excluding carboxylic acids is 1. The summed E-state index contributed by atoms with van der Waals surface area (Å²) in [5, 5.41) is 29.4. The molecule has 0 radical (unpaired) electrons. The highest BCUT2D eigenvalue weighted by atomic mass is 16.5. The molecule has 0 spiro atoms. The van der Waals surface area contributed by atoms with Crippen LogP contribution in [0.1, 0.15) is 41.4 Å². The molecule has 0 amide bonds. The Balaban J connectivity index is 2.36. The summed E-state index contributed by atoms with van der Waals surface area (Å²) in [6, 6.07) is 8.71. The molecule has 1 atom stereocenters. The summed E-state index contributed by atoms with van der Waals surface area (Å²) in [6.45, 7) is 3.83. The molecule has 2 rings (SSSR count). The van der Waals surface area contributed by atoms with Crippen molar-refractivity contribution in [2.45, 2.75) is 20.0 Å². The molecule has 116 valence electrons.